The fourth-order valence-electron chi connectivity index (χ4n) is 3.66. The van der Waals surface area contributed by atoms with Gasteiger partial charge in [0.2, 0.25) is 0 Å². The standard InChI is InChI=1S/C22H28N2O4/c1-22(2,9-8-15-6-7-19(26)20(27)12-15)24-13-16-4-3-5-17(18(16)14-24)21(28)23-10-11-25/h3-7,12,25-27H,8-11,13-14H2,1-2H3,(H,23,28). The Kier molecular flexibility index (Phi) is 5.91. The number of benzene rings is 2. The fraction of sp³-hybridized carbons (Fsp3) is 0.409. The zero-order valence-electron chi connectivity index (χ0n) is 16.4. The van der Waals surface area contributed by atoms with E-state index in [1.54, 1.807) is 6.07 Å². The number of carbonyl (C=O) groups is 1. The van der Waals surface area contributed by atoms with E-state index in [0.29, 0.717) is 12.1 Å². The first-order valence-electron chi connectivity index (χ1n) is 9.57. The first kappa shape index (κ1) is 20.2. The minimum absolute atomic E-state index is 0.0767. The van der Waals surface area contributed by atoms with Gasteiger partial charge in [0.05, 0.1) is 6.61 Å². The second-order valence-corrected chi connectivity index (χ2v) is 7.91. The molecule has 0 saturated heterocycles. The molecule has 6 nitrogen and oxygen atoms in total. The minimum atomic E-state index is -0.148. The number of fused-ring (bicyclic) bond motifs is 1. The highest BCUT2D eigenvalue weighted by atomic mass is 16.3. The van der Waals surface area contributed by atoms with E-state index < -0.39 is 0 Å². The number of phenols is 2. The van der Waals surface area contributed by atoms with E-state index >= 15 is 0 Å². The van der Waals surface area contributed by atoms with Crippen LogP contribution in [0.3, 0.4) is 0 Å². The van der Waals surface area contributed by atoms with Gasteiger partial charge in [-0.3, -0.25) is 9.69 Å². The molecular formula is C22H28N2O4. The second-order valence-electron chi connectivity index (χ2n) is 7.91. The summed E-state index contributed by atoms with van der Waals surface area (Å²) in [5.74, 6) is -0.349. The van der Waals surface area contributed by atoms with Crippen molar-refractivity contribution in [1.29, 1.82) is 0 Å². The molecule has 28 heavy (non-hydrogen) atoms. The lowest BCUT2D eigenvalue weighted by Gasteiger charge is -2.35. The Bertz CT molecular complexity index is 864. The highest BCUT2D eigenvalue weighted by molar-refractivity contribution is 5.96. The smallest absolute Gasteiger partial charge is 0.251 e. The highest BCUT2D eigenvalue weighted by Gasteiger charge is 2.33. The molecule has 4 N–H and O–H groups in total. The van der Waals surface area contributed by atoms with Crippen LogP contribution in [-0.2, 0) is 19.5 Å². The molecule has 0 fully saturated rings. The van der Waals surface area contributed by atoms with Crippen LogP contribution in [0.25, 0.3) is 0 Å². The van der Waals surface area contributed by atoms with Gasteiger partial charge in [-0.1, -0.05) is 18.2 Å². The van der Waals surface area contributed by atoms with Gasteiger partial charge in [0, 0.05) is 30.7 Å². The van der Waals surface area contributed by atoms with Crippen LogP contribution in [0.4, 0.5) is 0 Å². The van der Waals surface area contributed by atoms with Gasteiger partial charge in [0.1, 0.15) is 0 Å². The molecule has 0 unspecified atom stereocenters. The van der Waals surface area contributed by atoms with Crippen LogP contribution in [0.2, 0.25) is 0 Å². The number of nitrogens with zero attached hydrogens (tertiary/aromatic N) is 1. The van der Waals surface area contributed by atoms with Crippen LogP contribution in [0.15, 0.2) is 36.4 Å². The summed E-state index contributed by atoms with van der Waals surface area (Å²) < 4.78 is 0. The Labute approximate surface area is 165 Å². The quantitative estimate of drug-likeness (QED) is 0.551. The number of aliphatic hydroxyl groups excluding tert-OH is 1. The fourth-order valence-corrected chi connectivity index (χ4v) is 3.66. The van der Waals surface area contributed by atoms with Crippen molar-refractivity contribution in [3.05, 3.63) is 58.7 Å². The van der Waals surface area contributed by atoms with Crippen molar-refractivity contribution >= 4 is 5.91 Å². The third-order valence-electron chi connectivity index (χ3n) is 5.55. The third kappa shape index (κ3) is 4.29. The summed E-state index contributed by atoms with van der Waals surface area (Å²) >= 11 is 0. The summed E-state index contributed by atoms with van der Waals surface area (Å²) in [6.07, 6.45) is 1.65. The molecule has 0 aromatic heterocycles. The summed E-state index contributed by atoms with van der Waals surface area (Å²) in [6, 6.07) is 10.7. The number of aromatic hydroxyl groups is 2. The lowest BCUT2D eigenvalue weighted by molar-refractivity contribution is 0.0936. The van der Waals surface area contributed by atoms with Crippen LogP contribution >= 0.6 is 0 Å². The van der Waals surface area contributed by atoms with Crippen LogP contribution in [0.1, 0.15) is 47.3 Å². The largest absolute Gasteiger partial charge is 0.504 e. The zero-order chi connectivity index (χ0) is 20.3. The van der Waals surface area contributed by atoms with Crippen LogP contribution in [0, 0.1) is 0 Å². The average molecular weight is 384 g/mol. The Morgan fingerprint density at radius 1 is 1.14 bits per heavy atom. The molecule has 1 heterocycles. The number of hydrogen-bond acceptors (Lipinski definition) is 5. The first-order valence-corrected chi connectivity index (χ1v) is 9.57. The Morgan fingerprint density at radius 3 is 2.64 bits per heavy atom. The molecule has 1 aliphatic heterocycles. The number of aryl methyl sites for hydroxylation is 1. The van der Waals surface area contributed by atoms with Crippen LogP contribution < -0.4 is 5.32 Å². The summed E-state index contributed by atoms with van der Waals surface area (Å²) in [5, 5.41) is 30.8. The van der Waals surface area contributed by atoms with Gasteiger partial charge in [0.15, 0.2) is 11.5 Å². The van der Waals surface area contributed by atoms with Crippen LogP contribution in [0.5, 0.6) is 11.5 Å². The summed E-state index contributed by atoms with van der Waals surface area (Å²) in [6.45, 7) is 6.02. The molecular weight excluding hydrogens is 356 g/mol. The number of rotatable bonds is 7. The van der Waals surface area contributed by atoms with E-state index in [9.17, 15) is 15.0 Å². The van der Waals surface area contributed by atoms with Gasteiger partial charge in [-0.05, 0) is 61.6 Å². The second kappa shape index (κ2) is 8.20. The molecule has 3 rings (SSSR count). The van der Waals surface area contributed by atoms with E-state index in [4.69, 9.17) is 5.11 Å². The zero-order valence-corrected chi connectivity index (χ0v) is 16.4. The molecule has 2 aromatic rings. The number of hydrogen-bond donors (Lipinski definition) is 4. The van der Waals surface area contributed by atoms with Crippen molar-refractivity contribution < 1.29 is 20.1 Å². The highest BCUT2D eigenvalue weighted by Crippen LogP contribution is 2.34. The molecule has 0 aliphatic carbocycles. The summed E-state index contributed by atoms with van der Waals surface area (Å²) in [7, 11) is 0. The van der Waals surface area contributed by atoms with Gasteiger partial charge >= 0.3 is 0 Å². The normalized spacial score (nSPS) is 14.1. The van der Waals surface area contributed by atoms with Crippen molar-refractivity contribution in [2.24, 2.45) is 0 Å². The molecule has 2 aromatic carbocycles. The van der Waals surface area contributed by atoms with Gasteiger partial charge in [-0.25, -0.2) is 0 Å². The maximum atomic E-state index is 12.4. The topological polar surface area (TPSA) is 93.0 Å². The minimum Gasteiger partial charge on any atom is -0.504 e. The van der Waals surface area contributed by atoms with E-state index in [0.717, 1.165) is 36.1 Å². The molecule has 0 radical (unpaired) electrons. The number of carbonyl (C=O) groups excluding carboxylic acids is 1. The summed E-state index contributed by atoms with van der Waals surface area (Å²) in [4.78, 5) is 14.8. The van der Waals surface area contributed by atoms with Crippen LogP contribution in [-0.4, -0.2) is 44.8 Å². The Hall–Kier alpha value is -2.57. The Balaban J connectivity index is 1.69. The maximum Gasteiger partial charge on any atom is 0.251 e. The number of phenolic OH excluding ortho intramolecular Hbond substituents is 2. The SMILES string of the molecule is CC(C)(CCc1ccc(O)c(O)c1)N1Cc2cccc(C(=O)NCCO)c2C1. The van der Waals surface area contributed by atoms with E-state index in [-0.39, 0.29) is 36.1 Å². The van der Waals surface area contributed by atoms with E-state index in [2.05, 4.69) is 30.1 Å². The van der Waals surface area contributed by atoms with Gasteiger partial charge in [0.25, 0.3) is 5.91 Å². The number of nitrogens with one attached hydrogen (secondary N) is 1. The van der Waals surface area contributed by atoms with Gasteiger partial charge < -0.3 is 20.6 Å². The molecule has 150 valence electrons. The predicted molar refractivity (Wildman–Crippen MR) is 107 cm³/mol. The average Bonchev–Trinajstić information content (AvgIpc) is 3.12. The lowest BCUT2D eigenvalue weighted by Crippen LogP contribution is -2.40. The number of amides is 1. The summed E-state index contributed by atoms with van der Waals surface area (Å²) in [5.41, 5.74) is 3.75. The maximum absolute atomic E-state index is 12.4. The van der Waals surface area contributed by atoms with Gasteiger partial charge in [-0.15, -0.1) is 0 Å². The monoisotopic (exact) mass is 384 g/mol. The van der Waals surface area contributed by atoms with E-state index in [1.807, 2.05) is 18.2 Å². The van der Waals surface area contributed by atoms with Gasteiger partial charge in [-0.2, -0.15) is 0 Å². The third-order valence-corrected chi connectivity index (χ3v) is 5.55. The Morgan fingerprint density at radius 2 is 1.93 bits per heavy atom. The van der Waals surface area contributed by atoms with Crippen molar-refractivity contribution in [3.8, 4) is 11.5 Å². The molecule has 0 atom stereocenters. The molecule has 0 spiro atoms. The molecule has 0 saturated carbocycles. The molecule has 1 amide bonds. The first-order chi connectivity index (χ1) is 13.3. The van der Waals surface area contributed by atoms with Crippen molar-refractivity contribution in [2.45, 2.75) is 45.3 Å². The lowest BCUT2D eigenvalue weighted by atomic mass is 9.93. The van der Waals surface area contributed by atoms with Crippen molar-refractivity contribution in [2.75, 3.05) is 13.2 Å². The molecule has 1 aliphatic rings. The van der Waals surface area contributed by atoms with E-state index in [1.165, 1.54) is 6.07 Å². The predicted octanol–water partition coefficient (Wildman–Crippen LogP) is 2.55. The molecule has 0 bridgehead atoms. The van der Waals surface area contributed by atoms with Crippen molar-refractivity contribution in [3.63, 3.8) is 0 Å². The molecule has 6 heteroatoms. The number of aliphatic hydroxyl groups is 1. The van der Waals surface area contributed by atoms with Crippen molar-refractivity contribution in [1.82, 2.24) is 10.2 Å².